The Labute approximate surface area is 196 Å². The van der Waals surface area contributed by atoms with E-state index in [1.165, 1.54) is 19.0 Å². The molecule has 36 heavy (non-hydrogen) atoms. The van der Waals surface area contributed by atoms with Crippen molar-refractivity contribution in [2.24, 2.45) is 0 Å². The van der Waals surface area contributed by atoms with E-state index in [4.69, 9.17) is 0 Å². The molecule has 0 rings (SSSR count). The molecule has 0 aliphatic carbocycles. The fraction of sp³-hybridized carbons (Fsp3) is 1.00. The number of hydrogen-bond acceptors (Lipinski definition) is 3. The number of hydrogen-bond donors (Lipinski definition) is 1. The normalized spacial score (nSPS) is 15.8. The zero-order valence-corrected chi connectivity index (χ0v) is 18.8. The third-order valence-corrected chi connectivity index (χ3v) is 5.62. The first kappa shape index (κ1) is 37.1. The van der Waals surface area contributed by atoms with Crippen molar-refractivity contribution in [1.29, 1.82) is 0 Å². The first-order valence-electron chi connectivity index (χ1n) is 8.27. The smallest absolute Gasteiger partial charge is 0.309 e. The van der Waals surface area contributed by atoms with Gasteiger partial charge in [0.05, 0.1) is 0 Å². The summed E-state index contributed by atoms with van der Waals surface area (Å²) in [7, 11) is -4.61. The van der Waals surface area contributed by atoms with Gasteiger partial charge >= 0.3 is 47.0 Å². The second-order valence-corrected chi connectivity index (χ2v) is 8.82. The summed E-state index contributed by atoms with van der Waals surface area (Å²) < 4.78 is 246. The highest BCUT2D eigenvalue weighted by Gasteiger charge is 2.96. The van der Waals surface area contributed by atoms with Crippen molar-refractivity contribution in [3.05, 3.63) is 0 Å². The maximum atomic E-state index is 13.7. The minimum absolute atomic E-state index is 0. The van der Waals surface area contributed by atoms with Crippen molar-refractivity contribution in [1.82, 2.24) is 9.62 Å². The lowest BCUT2D eigenvalue weighted by Gasteiger charge is -2.42. The third-order valence-electron chi connectivity index (χ3n) is 4.10. The van der Waals surface area contributed by atoms with Crippen molar-refractivity contribution < 1.29 is 83.1 Å². The molecule has 0 heterocycles. The van der Waals surface area contributed by atoms with Gasteiger partial charge in [-0.1, -0.05) is 0 Å². The Morgan fingerprint density at radius 2 is 0.889 bits per heavy atom. The lowest BCUT2D eigenvalue weighted by Crippen LogP contribution is -2.75. The SMILES string of the molecule is CN(C)CCCNS(=O)(=O)C(F)(F)C(F)(F)C(F)(F)C(F)(F)C(F)(F)C(F)(F)C(F)(F)C(F)(F)F.Cl. The van der Waals surface area contributed by atoms with Crippen LogP contribution in [0.15, 0.2) is 0 Å². The molecule has 23 heteroatoms. The van der Waals surface area contributed by atoms with E-state index in [0.717, 1.165) is 0 Å². The van der Waals surface area contributed by atoms with Gasteiger partial charge in [0.25, 0.3) is 10.0 Å². The van der Waals surface area contributed by atoms with Gasteiger partial charge < -0.3 is 4.90 Å². The molecule has 0 saturated heterocycles. The van der Waals surface area contributed by atoms with Crippen LogP contribution < -0.4 is 4.72 Å². The van der Waals surface area contributed by atoms with E-state index in [-0.39, 0.29) is 19.0 Å². The molecule has 1 N–H and O–H groups in total. The van der Waals surface area contributed by atoms with Crippen molar-refractivity contribution in [2.45, 2.75) is 53.4 Å². The second-order valence-electron chi connectivity index (χ2n) is 7.02. The van der Waals surface area contributed by atoms with Crippen LogP contribution in [0.3, 0.4) is 0 Å². The molecule has 0 bridgehead atoms. The van der Waals surface area contributed by atoms with Crippen LogP contribution in [-0.4, -0.2) is 87.5 Å². The van der Waals surface area contributed by atoms with E-state index < -0.39 is 70.0 Å². The molecule has 0 aliphatic rings. The molecule has 0 fully saturated rings. The maximum absolute atomic E-state index is 13.7. The summed E-state index contributed by atoms with van der Waals surface area (Å²) in [5, 5.41) is -7.52. The summed E-state index contributed by atoms with van der Waals surface area (Å²) in [4.78, 5) is 1.23. The molecule has 0 spiro atoms. The standard InChI is InChI=1S/C13H13F17N2O2S.ClH/c1-32(2)5-3-4-31-35(33,34)13(29,30)11(24,25)9(20,21)7(16,17)6(14,15)8(18,19)10(22,23)12(26,27)28;/h31H,3-5H2,1-2H3;1H. The number of halogens is 18. The van der Waals surface area contributed by atoms with Gasteiger partial charge in [0.15, 0.2) is 0 Å². The van der Waals surface area contributed by atoms with Gasteiger partial charge in [0, 0.05) is 6.54 Å². The van der Waals surface area contributed by atoms with Crippen LogP contribution in [0.5, 0.6) is 0 Å². The number of nitrogens with zero attached hydrogens (tertiary/aromatic N) is 1. The number of nitrogens with one attached hydrogen (secondary N) is 1. The van der Waals surface area contributed by atoms with E-state index in [0.29, 0.717) is 4.72 Å². The Morgan fingerprint density at radius 3 is 1.19 bits per heavy atom. The molecular weight excluding hydrogens is 607 g/mol. The van der Waals surface area contributed by atoms with Crippen LogP contribution >= 0.6 is 12.4 Å². The van der Waals surface area contributed by atoms with Gasteiger partial charge in [0.2, 0.25) is 0 Å². The summed E-state index contributed by atoms with van der Waals surface area (Å²) in [5.41, 5.74) is 0. The lowest BCUT2D eigenvalue weighted by atomic mass is 9.91. The maximum Gasteiger partial charge on any atom is 0.460 e. The average molecular weight is 621 g/mol. The first-order valence-corrected chi connectivity index (χ1v) is 9.75. The molecule has 0 aromatic rings. The Bertz CT molecular complexity index is 857. The predicted molar refractivity (Wildman–Crippen MR) is 88.0 cm³/mol. The third kappa shape index (κ3) is 5.40. The molecule has 0 radical (unpaired) electrons. The molecule has 220 valence electrons. The fourth-order valence-corrected chi connectivity index (χ4v) is 3.07. The summed E-state index contributed by atoms with van der Waals surface area (Å²) in [6.07, 6.45) is -8.39. The van der Waals surface area contributed by atoms with Crippen LogP contribution in [0, 0.1) is 0 Å². The Kier molecular flexibility index (Phi) is 10.6. The topological polar surface area (TPSA) is 49.4 Å². The minimum Gasteiger partial charge on any atom is -0.309 e. The van der Waals surface area contributed by atoms with Crippen LogP contribution in [-0.2, 0) is 10.0 Å². The number of rotatable bonds is 12. The Balaban J connectivity index is 0. The number of alkyl halides is 17. The van der Waals surface area contributed by atoms with Crippen molar-refractivity contribution in [2.75, 3.05) is 27.2 Å². The Morgan fingerprint density at radius 1 is 0.583 bits per heavy atom. The van der Waals surface area contributed by atoms with Crippen molar-refractivity contribution in [3.8, 4) is 0 Å². The molecule has 0 atom stereocenters. The molecule has 0 aliphatic heterocycles. The van der Waals surface area contributed by atoms with E-state index in [1.54, 1.807) is 0 Å². The minimum atomic E-state index is -8.83. The van der Waals surface area contributed by atoms with Crippen LogP contribution in [0.4, 0.5) is 74.6 Å². The van der Waals surface area contributed by atoms with Gasteiger partial charge in [-0.25, -0.2) is 13.1 Å². The molecule has 0 aromatic carbocycles. The molecular formula is C13H14ClF17N2O2S. The van der Waals surface area contributed by atoms with Gasteiger partial charge in [-0.2, -0.15) is 74.6 Å². The van der Waals surface area contributed by atoms with Crippen molar-refractivity contribution >= 4 is 22.4 Å². The highest BCUT2D eigenvalue weighted by molar-refractivity contribution is 7.90. The van der Waals surface area contributed by atoms with Gasteiger partial charge in [0.1, 0.15) is 0 Å². The van der Waals surface area contributed by atoms with Crippen molar-refractivity contribution in [3.63, 3.8) is 0 Å². The fourth-order valence-electron chi connectivity index (χ4n) is 2.01. The van der Waals surface area contributed by atoms with Gasteiger partial charge in [-0.15, -0.1) is 12.4 Å². The zero-order chi connectivity index (χ0) is 28.9. The summed E-state index contributed by atoms with van der Waals surface area (Å²) in [6, 6.07) is 0. The van der Waals surface area contributed by atoms with Crippen LogP contribution in [0.1, 0.15) is 6.42 Å². The van der Waals surface area contributed by atoms with Gasteiger partial charge in [-0.3, -0.25) is 0 Å². The summed E-state index contributed by atoms with van der Waals surface area (Å²) in [5.74, 6) is -51.5. The predicted octanol–water partition coefficient (Wildman–Crippen LogP) is 5.25. The Hall–Kier alpha value is -1.03. The van der Waals surface area contributed by atoms with Crippen LogP contribution in [0.25, 0.3) is 0 Å². The summed E-state index contributed by atoms with van der Waals surface area (Å²) >= 11 is 0. The van der Waals surface area contributed by atoms with E-state index >= 15 is 0 Å². The second kappa shape index (κ2) is 10.3. The highest BCUT2D eigenvalue weighted by Crippen LogP contribution is 2.64. The van der Waals surface area contributed by atoms with E-state index in [1.807, 2.05) is 0 Å². The highest BCUT2D eigenvalue weighted by atomic mass is 35.5. The molecule has 0 aromatic heterocycles. The zero-order valence-electron chi connectivity index (χ0n) is 17.1. The first-order chi connectivity index (χ1) is 14.9. The molecule has 4 nitrogen and oxygen atoms in total. The van der Waals surface area contributed by atoms with Crippen LogP contribution in [0.2, 0.25) is 0 Å². The van der Waals surface area contributed by atoms with E-state index in [9.17, 15) is 83.1 Å². The van der Waals surface area contributed by atoms with Gasteiger partial charge in [-0.05, 0) is 27.1 Å². The molecule has 0 unspecified atom stereocenters. The molecule has 0 saturated carbocycles. The molecule has 0 amide bonds. The monoisotopic (exact) mass is 620 g/mol. The number of sulfonamides is 1. The lowest BCUT2D eigenvalue weighted by molar-refractivity contribution is -0.458. The average Bonchev–Trinajstić information content (AvgIpc) is 2.62. The summed E-state index contributed by atoms with van der Waals surface area (Å²) in [6.45, 7) is -1.46. The quantitative estimate of drug-likeness (QED) is 0.240. The largest absolute Gasteiger partial charge is 0.460 e. The van der Waals surface area contributed by atoms with E-state index in [2.05, 4.69) is 0 Å².